The number of hydrogen-bond acceptors (Lipinski definition) is 3. The van der Waals surface area contributed by atoms with Crippen LogP contribution >= 0.6 is 0 Å². The van der Waals surface area contributed by atoms with Gasteiger partial charge in [-0.05, 0) is 36.2 Å². The first-order chi connectivity index (χ1) is 9.20. The number of esters is 1. The van der Waals surface area contributed by atoms with Crippen LogP contribution in [0.5, 0.6) is 5.75 Å². The van der Waals surface area contributed by atoms with Gasteiger partial charge in [-0.25, -0.2) is 4.79 Å². The van der Waals surface area contributed by atoms with Crippen molar-refractivity contribution in [1.82, 2.24) is 0 Å². The number of carbonyl (C=O) groups is 1. The van der Waals surface area contributed by atoms with Gasteiger partial charge in [0.05, 0.1) is 11.7 Å². The quantitative estimate of drug-likeness (QED) is 0.674. The van der Waals surface area contributed by atoms with E-state index in [1.54, 1.807) is 48.5 Å². The molecule has 1 unspecified atom stereocenters. The van der Waals surface area contributed by atoms with E-state index in [0.717, 1.165) is 5.56 Å². The Hall–Kier alpha value is -2.13. The lowest BCUT2D eigenvalue weighted by molar-refractivity contribution is 0.0734. The van der Waals surface area contributed by atoms with Crippen LogP contribution in [0.15, 0.2) is 54.6 Å². The molecule has 0 spiro atoms. The van der Waals surface area contributed by atoms with E-state index in [1.165, 1.54) is 0 Å². The molecular weight excluding hydrogens is 240 g/mol. The van der Waals surface area contributed by atoms with E-state index in [2.05, 4.69) is 0 Å². The van der Waals surface area contributed by atoms with Gasteiger partial charge in [0.15, 0.2) is 0 Å². The highest BCUT2D eigenvalue weighted by Gasteiger charge is 2.09. The SMILES string of the molecule is CCC(O)c1ccc(OC(=O)c2ccccc2)cc1. The third-order valence-electron chi connectivity index (χ3n) is 2.87. The van der Waals surface area contributed by atoms with Crippen LogP contribution in [0, 0.1) is 0 Å². The van der Waals surface area contributed by atoms with Crippen molar-refractivity contribution in [3.05, 3.63) is 65.7 Å². The fourth-order valence-corrected chi connectivity index (χ4v) is 1.73. The summed E-state index contributed by atoms with van der Waals surface area (Å²) in [5, 5.41) is 9.67. The summed E-state index contributed by atoms with van der Waals surface area (Å²) in [6.07, 6.45) is 0.183. The molecule has 0 saturated carbocycles. The van der Waals surface area contributed by atoms with Crippen LogP contribution in [0.25, 0.3) is 0 Å². The van der Waals surface area contributed by atoms with Crippen LogP contribution in [0.3, 0.4) is 0 Å². The Morgan fingerprint density at radius 1 is 1.11 bits per heavy atom. The average Bonchev–Trinajstić information content (AvgIpc) is 2.48. The Morgan fingerprint density at radius 3 is 2.32 bits per heavy atom. The Bertz CT molecular complexity index is 532. The van der Waals surface area contributed by atoms with Gasteiger partial charge in [-0.1, -0.05) is 37.3 Å². The minimum atomic E-state index is -0.473. The standard InChI is InChI=1S/C16H16O3/c1-2-15(17)12-8-10-14(11-9-12)19-16(18)13-6-4-3-5-7-13/h3-11,15,17H,2H2,1H3. The third kappa shape index (κ3) is 3.42. The van der Waals surface area contributed by atoms with E-state index < -0.39 is 6.10 Å². The predicted octanol–water partition coefficient (Wildman–Crippen LogP) is 3.35. The van der Waals surface area contributed by atoms with Crippen LogP contribution < -0.4 is 4.74 Å². The first-order valence-corrected chi connectivity index (χ1v) is 6.26. The Kier molecular flexibility index (Phi) is 4.31. The van der Waals surface area contributed by atoms with Crippen molar-refractivity contribution in [2.24, 2.45) is 0 Å². The molecule has 98 valence electrons. The lowest BCUT2D eigenvalue weighted by atomic mass is 10.1. The van der Waals surface area contributed by atoms with Crippen molar-refractivity contribution in [3.8, 4) is 5.75 Å². The predicted molar refractivity (Wildman–Crippen MR) is 73.1 cm³/mol. The maximum atomic E-state index is 11.8. The summed E-state index contributed by atoms with van der Waals surface area (Å²) in [5.41, 5.74) is 1.34. The maximum absolute atomic E-state index is 11.8. The van der Waals surface area contributed by atoms with Crippen molar-refractivity contribution in [2.45, 2.75) is 19.4 Å². The summed E-state index contributed by atoms with van der Waals surface area (Å²) in [7, 11) is 0. The van der Waals surface area contributed by atoms with Crippen LogP contribution in [-0.2, 0) is 0 Å². The van der Waals surface area contributed by atoms with Crippen LogP contribution in [-0.4, -0.2) is 11.1 Å². The molecule has 0 bridgehead atoms. The van der Waals surface area contributed by atoms with Crippen molar-refractivity contribution in [1.29, 1.82) is 0 Å². The van der Waals surface area contributed by atoms with E-state index in [9.17, 15) is 9.90 Å². The molecule has 0 aromatic heterocycles. The third-order valence-corrected chi connectivity index (χ3v) is 2.87. The number of carbonyl (C=O) groups excluding carboxylic acids is 1. The number of aliphatic hydroxyl groups is 1. The summed E-state index contributed by atoms with van der Waals surface area (Å²) in [5.74, 6) is 0.0882. The lowest BCUT2D eigenvalue weighted by Gasteiger charge is -2.09. The number of hydrogen-bond donors (Lipinski definition) is 1. The molecule has 0 saturated heterocycles. The summed E-state index contributed by atoms with van der Waals surface area (Å²) in [6.45, 7) is 1.91. The summed E-state index contributed by atoms with van der Waals surface area (Å²) in [6, 6.07) is 15.7. The van der Waals surface area contributed by atoms with Crippen molar-refractivity contribution >= 4 is 5.97 Å². The molecule has 0 amide bonds. The molecule has 3 nitrogen and oxygen atoms in total. The largest absolute Gasteiger partial charge is 0.423 e. The first-order valence-electron chi connectivity index (χ1n) is 6.26. The molecule has 0 aliphatic heterocycles. The molecule has 0 aliphatic carbocycles. The Labute approximate surface area is 112 Å². The van der Waals surface area contributed by atoms with Crippen LogP contribution in [0.1, 0.15) is 35.4 Å². The summed E-state index contributed by atoms with van der Waals surface area (Å²) in [4.78, 5) is 11.8. The zero-order chi connectivity index (χ0) is 13.7. The molecule has 3 heteroatoms. The van der Waals surface area contributed by atoms with Crippen molar-refractivity contribution in [3.63, 3.8) is 0 Å². The zero-order valence-electron chi connectivity index (χ0n) is 10.7. The molecule has 2 rings (SSSR count). The lowest BCUT2D eigenvalue weighted by Crippen LogP contribution is -2.08. The molecule has 1 N–H and O–H groups in total. The van der Waals surface area contributed by atoms with E-state index >= 15 is 0 Å². The highest BCUT2D eigenvalue weighted by Crippen LogP contribution is 2.20. The van der Waals surface area contributed by atoms with Gasteiger partial charge in [-0.2, -0.15) is 0 Å². The van der Waals surface area contributed by atoms with Crippen LogP contribution in [0.2, 0.25) is 0 Å². The van der Waals surface area contributed by atoms with E-state index in [-0.39, 0.29) is 5.97 Å². The minimum Gasteiger partial charge on any atom is -0.423 e. The Balaban J connectivity index is 2.06. The molecule has 19 heavy (non-hydrogen) atoms. The molecule has 1 atom stereocenters. The van der Waals surface area contributed by atoms with Gasteiger partial charge in [0, 0.05) is 0 Å². The van der Waals surface area contributed by atoms with Crippen LogP contribution in [0.4, 0.5) is 0 Å². The molecule has 0 aliphatic rings. The van der Waals surface area contributed by atoms with Gasteiger partial charge < -0.3 is 9.84 Å². The monoisotopic (exact) mass is 256 g/mol. The van der Waals surface area contributed by atoms with Gasteiger partial charge in [-0.15, -0.1) is 0 Å². The van der Waals surface area contributed by atoms with Gasteiger partial charge in [0.2, 0.25) is 0 Å². The minimum absolute atomic E-state index is 0.385. The molecule has 2 aromatic carbocycles. The molecule has 2 aromatic rings. The smallest absolute Gasteiger partial charge is 0.343 e. The zero-order valence-corrected chi connectivity index (χ0v) is 10.7. The fourth-order valence-electron chi connectivity index (χ4n) is 1.73. The summed E-state index contributed by atoms with van der Waals surface area (Å²) < 4.78 is 5.25. The van der Waals surface area contributed by atoms with Gasteiger partial charge in [-0.3, -0.25) is 0 Å². The Morgan fingerprint density at radius 2 is 1.74 bits per heavy atom. The normalized spacial score (nSPS) is 11.9. The molecule has 0 radical (unpaired) electrons. The highest BCUT2D eigenvalue weighted by atomic mass is 16.5. The summed E-state index contributed by atoms with van der Waals surface area (Å²) >= 11 is 0. The highest BCUT2D eigenvalue weighted by molar-refractivity contribution is 5.90. The van der Waals surface area contributed by atoms with Crippen molar-refractivity contribution < 1.29 is 14.6 Å². The fraction of sp³-hybridized carbons (Fsp3) is 0.188. The molecule has 0 heterocycles. The second-order valence-corrected chi connectivity index (χ2v) is 4.25. The number of benzene rings is 2. The van der Waals surface area contributed by atoms with E-state index in [4.69, 9.17) is 4.74 Å². The van der Waals surface area contributed by atoms with Gasteiger partial charge in [0.25, 0.3) is 0 Å². The van der Waals surface area contributed by atoms with E-state index in [1.807, 2.05) is 13.0 Å². The molecular formula is C16H16O3. The van der Waals surface area contributed by atoms with E-state index in [0.29, 0.717) is 17.7 Å². The average molecular weight is 256 g/mol. The van der Waals surface area contributed by atoms with Gasteiger partial charge >= 0.3 is 5.97 Å². The number of ether oxygens (including phenoxy) is 1. The molecule has 0 fully saturated rings. The number of aliphatic hydroxyl groups excluding tert-OH is 1. The number of rotatable bonds is 4. The van der Waals surface area contributed by atoms with Crippen molar-refractivity contribution in [2.75, 3.05) is 0 Å². The van der Waals surface area contributed by atoms with Gasteiger partial charge in [0.1, 0.15) is 5.75 Å². The second-order valence-electron chi connectivity index (χ2n) is 4.25. The first kappa shape index (κ1) is 13.3. The second kappa shape index (κ2) is 6.16. The topological polar surface area (TPSA) is 46.5 Å². The maximum Gasteiger partial charge on any atom is 0.343 e.